The van der Waals surface area contributed by atoms with Gasteiger partial charge >= 0.3 is 0 Å². The Morgan fingerprint density at radius 3 is 2.64 bits per heavy atom. The van der Waals surface area contributed by atoms with Crippen LogP contribution in [0.4, 0.5) is 8.78 Å². The van der Waals surface area contributed by atoms with Gasteiger partial charge in [0.2, 0.25) is 0 Å². The Balaban J connectivity index is 1.83. The normalized spacial score (nSPS) is 12.2. The fourth-order valence-corrected chi connectivity index (χ4v) is 2.42. The van der Waals surface area contributed by atoms with Gasteiger partial charge in [0.05, 0.1) is 0 Å². The molecule has 1 atom stereocenters. The van der Waals surface area contributed by atoms with E-state index in [1.807, 2.05) is 0 Å². The number of halogens is 2. The van der Waals surface area contributed by atoms with E-state index in [1.54, 1.807) is 36.2 Å². The Kier molecular flexibility index (Phi) is 6.61. The van der Waals surface area contributed by atoms with Crippen molar-refractivity contribution in [2.45, 2.75) is 19.6 Å². The third-order valence-corrected chi connectivity index (χ3v) is 3.64. The standard InChI is InChI=1S/C19H21F2NO3/c1-13(23)15-4-3-5-17(9-15)25-12-16(24)11-22(2)10-14-6-7-18(20)19(21)8-14/h3-9,16,24H,10-12H2,1-2H3. The summed E-state index contributed by atoms with van der Waals surface area (Å²) in [5, 5.41) is 10.1. The van der Waals surface area contributed by atoms with Crippen molar-refractivity contribution in [1.82, 2.24) is 4.90 Å². The molecule has 25 heavy (non-hydrogen) atoms. The molecule has 0 amide bonds. The summed E-state index contributed by atoms with van der Waals surface area (Å²) in [5.41, 5.74) is 1.16. The summed E-state index contributed by atoms with van der Waals surface area (Å²) in [5.74, 6) is -1.32. The molecule has 0 aromatic heterocycles. The lowest BCUT2D eigenvalue weighted by Gasteiger charge is -2.21. The Labute approximate surface area is 145 Å². The summed E-state index contributed by atoms with van der Waals surface area (Å²) in [6, 6.07) is 10.5. The lowest BCUT2D eigenvalue weighted by atomic mass is 10.1. The monoisotopic (exact) mass is 349 g/mol. The topological polar surface area (TPSA) is 49.8 Å². The molecule has 0 bridgehead atoms. The van der Waals surface area contributed by atoms with E-state index in [-0.39, 0.29) is 12.4 Å². The van der Waals surface area contributed by atoms with Gasteiger partial charge in [0.15, 0.2) is 17.4 Å². The van der Waals surface area contributed by atoms with Crippen molar-refractivity contribution in [3.63, 3.8) is 0 Å². The minimum Gasteiger partial charge on any atom is -0.491 e. The maximum absolute atomic E-state index is 13.2. The van der Waals surface area contributed by atoms with Crippen molar-refractivity contribution < 1.29 is 23.4 Å². The number of aliphatic hydroxyl groups excluding tert-OH is 1. The number of Topliss-reactive ketones (excluding diaryl/α,β-unsaturated/α-hetero) is 1. The third kappa shape index (κ3) is 5.92. The molecule has 0 aliphatic heterocycles. The van der Waals surface area contributed by atoms with Crippen molar-refractivity contribution in [3.05, 3.63) is 65.2 Å². The van der Waals surface area contributed by atoms with Crippen LogP contribution in [0.1, 0.15) is 22.8 Å². The first-order valence-corrected chi connectivity index (χ1v) is 7.89. The zero-order valence-corrected chi connectivity index (χ0v) is 14.2. The molecule has 0 saturated heterocycles. The van der Waals surface area contributed by atoms with Crippen molar-refractivity contribution in [1.29, 1.82) is 0 Å². The number of hydrogen-bond acceptors (Lipinski definition) is 4. The van der Waals surface area contributed by atoms with E-state index >= 15 is 0 Å². The molecule has 4 nitrogen and oxygen atoms in total. The van der Waals surface area contributed by atoms with Crippen molar-refractivity contribution in [3.8, 4) is 5.75 Å². The molecule has 1 N–H and O–H groups in total. The van der Waals surface area contributed by atoms with Crippen molar-refractivity contribution in [2.75, 3.05) is 20.2 Å². The summed E-state index contributed by atoms with van der Waals surface area (Å²) in [7, 11) is 1.76. The second-order valence-electron chi connectivity index (χ2n) is 5.99. The molecule has 2 rings (SSSR count). The van der Waals surface area contributed by atoms with E-state index in [0.717, 1.165) is 12.1 Å². The highest BCUT2D eigenvalue weighted by Crippen LogP contribution is 2.14. The Morgan fingerprint density at radius 2 is 1.96 bits per heavy atom. The second-order valence-corrected chi connectivity index (χ2v) is 5.99. The summed E-state index contributed by atoms with van der Waals surface area (Å²) in [6.07, 6.45) is -0.767. The van der Waals surface area contributed by atoms with Crippen molar-refractivity contribution >= 4 is 5.78 Å². The molecule has 0 fully saturated rings. The van der Waals surface area contributed by atoms with E-state index in [2.05, 4.69) is 0 Å². The van der Waals surface area contributed by atoms with Crippen LogP contribution in [0.15, 0.2) is 42.5 Å². The summed E-state index contributed by atoms with van der Waals surface area (Å²) in [6.45, 7) is 2.20. The fourth-order valence-electron chi connectivity index (χ4n) is 2.42. The van der Waals surface area contributed by atoms with Gasteiger partial charge in [-0.2, -0.15) is 0 Å². The number of carbonyl (C=O) groups is 1. The third-order valence-electron chi connectivity index (χ3n) is 3.64. The average Bonchev–Trinajstić information content (AvgIpc) is 2.56. The largest absolute Gasteiger partial charge is 0.491 e. The van der Waals surface area contributed by atoms with Gasteiger partial charge in [-0.25, -0.2) is 8.78 Å². The maximum atomic E-state index is 13.2. The SMILES string of the molecule is CC(=O)c1cccc(OCC(O)CN(C)Cc2ccc(F)c(F)c2)c1. The number of rotatable bonds is 8. The van der Waals surface area contributed by atoms with E-state index < -0.39 is 17.7 Å². The number of hydrogen-bond donors (Lipinski definition) is 1. The van der Waals surface area contributed by atoms with Crippen LogP contribution in [-0.4, -0.2) is 42.1 Å². The zero-order chi connectivity index (χ0) is 18.4. The zero-order valence-electron chi connectivity index (χ0n) is 14.2. The minimum absolute atomic E-state index is 0.0581. The number of ether oxygens (including phenoxy) is 1. The molecule has 1 unspecified atom stereocenters. The number of likely N-dealkylation sites (N-methyl/N-ethyl adjacent to an activating group) is 1. The molecule has 0 aliphatic carbocycles. The number of aliphatic hydroxyl groups is 1. The Hall–Kier alpha value is -2.31. The van der Waals surface area contributed by atoms with Gasteiger partial charge in [0, 0.05) is 18.7 Å². The van der Waals surface area contributed by atoms with Crippen LogP contribution in [0.25, 0.3) is 0 Å². The molecular weight excluding hydrogens is 328 g/mol. The average molecular weight is 349 g/mol. The van der Waals surface area contributed by atoms with Crippen LogP contribution in [-0.2, 0) is 6.54 Å². The number of benzene rings is 2. The number of ketones is 1. The molecular formula is C19H21F2NO3. The highest BCUT2D eigenvalue weighted by Gasteiger charge is 2.11. The lowest BCUT2D eigenvalue weighted by Crippen LogP contribution is -2.32. The highest BCUT2D eigenvalue weighted by molar-refractivity contribution is 5.94. The first-order chi connectivity index (χ1) is 11.8. The van der Waals surface area contributed by atoms with E-state index in [4.69, 9.17) is 4.74 Å². The number of carbonyl (C=O) groups excluding carboxylic acids is 1. The first-order valence-electron chi connectivity index (χ1n) is 7.89. The van der Waals surface area contributed by atoms with E-state index in [1.165, 1.54) is 13.0 Å². The smallest absolute Gasteiger partial charge is 0.159 e. The van der Waals surface area contributed by atoms with Crippen molar-refractivity contribution in [2.24, 2.45) is 0 Å². The summed E-state index contributed by atoms with van der Waals surface area (Å²) < 4.78 is 31.6. The molecule has 0 radical (unpaired) electrons. The van der Waals surface area contributed by atoms with Crippen LogP contribution in [0, 0.1) is 11.6 Å². The summed E-state index contributed by atoms with van der Waals surface area (Å²) >= 11 is 0. The maximum Gasteiger partial charge on any atom is 0.159 e. The van der Waals surface area contributed by atoms with E-state index in [0.29, 0.717) is 30.0 Å². The molecule has 0 aliphatic rings. The van der Waals surface area contributed by atoms with E-state index in [9.17, 15) is 18.7 Å². The van der Waals surface area contributed by atoms with Crippen LogP contribution in [0.5, 0.6) is 5.75 Å². The molecule has 6 heteroatoms. The first kappa shape index (κ1) is 19.0. The Morgan fingerprint density at radius 1 is 1.20 bits per heavy atom. The lowest BCUT2D eigenvalue weighted by molar-refractivity contribution is 0.0743. The molecule has 2 aromatic rings. The van der Waals surface area contributed by atoms with Gasteiger partial charge in [0.25, 0.3) is 0 Å². The van der Waals surface area contributed by atoms with Gasteiger partial charge in [0.1, 0.15) is 18.5 Å². The van der Waals surface area contributed by atoms with Gasteiger partial charge in [-0.05, 0) is 43.8 Å². The highest BCUT2D eigenvalue weighted by atomic mass is 19.2. The second kappa shape index (κ2) is 8.69. The van der Waals surface area contributed by atoms with Gasteiger partial charge in [-0.15, -0.1) is 0 Å². The minimum atomic E-state index is -0.889. The Bertz CT molecular complexity index is 736. The molecule has 134 valence electrons. The van der Waals surface area contributed by atoms with Crippen LogP contribution in [0.3, 0.4) is 0 Å². The fraction of sp³-hybridized carbons (Fsp3) is 0.316. The molecule has 0 spiro atoms. The predicted octanol–water partition coefficient (Wildman–Crippen LogP) is 3.04. The molecule has 0 saturated carbocycles. The predicted molar refractivity (Wildman–Crippen MR) is 90.6 cm³/mol. The van der Waals surface area contributed by atoms with Gasteiger partial charge in [-0.1, -0.05) is 18.2 Å². The van der Waals surface area contributed by atoms with Crippen LogP contribution >= 0.6 is 0 Å². The van der Waals surface area contributed by atoms with Crippen LogP contribution < -0.4 is 4.74 Å². The molecule has 0 heterocycles. The number of nitrogens with zero attached hydrogens (tertiary/aromatic N) is 1. The quantitative estimate of drug-likeness (QED) is 0.744. The summed E-state index contributed by atoms with van der Waals surface area (Å²) in [4.78, 5) is 13.1. The molecule has 2 aromatic carbocycles. The van der Waals surface area contributed by atoms with Gasteiger partial charge < -0.3 is 9.84 Å². The van der Waals surface area contributed by atoms with Crippen LogP contribution in [0.2, 0.25) is 0 Å². The van der Waals surface area contributed by atoms with Gasteiger partial charge in [-0.3, -0.25) is 9.69 Å².